The molecular weight excluding hydrogens is 396 g/mol. The Morgan fingerprint density at radius 2 is 1.94 bits per heavy atom. The van der Waals surface area contributed by atoms with Crippen molar-refractivity contribution in [2.45, 2.75) is 44.8 Å². The Morgan fingerprint density at radius 3 is 2.74 bits per heavy atom. The van der Waals surface area contributed by atoms with Gasteiger partial charge < -0.3 is 24.4 Å². The van der Waals surface area contributed by atoms with Gasteiger partial charge in [-0.1, -0.05) is 12.1 Å². The molecule has 0 aromatic heterocycles. The minimum Gasteiger partial charge on any atom is -0.492 e. The summed E-state index contributed by atoms with van der Waals surface area (Å²) in [6.45, 7) is 2.73. The number of nitrogens with one attached hydrogen (secondary N) is 1. The standard InChI is InChI=1S/C24H26N2O5/c1-2-29-19-8-4-3-7-18(19)26-15-16(13-22(26)27)23(28)25-17-9-10-20-21(14-17)31-24(30-20)11-5-6-12-24/h3-4,7-10,14,16H,2,5-6,11-13,15H2,1H3,(H,25,28)/t16-/m0/s1. The number of para-hydroxylation sites is 2. The Balaban J connectivity index is 1.27. The van der Waals surface area contributed by atoms with Gasteiger partial charge in [-0.3, -0.25) is 9.59 Å². The highest BCUT2D eigenvalue weighted by molar-refractivity contribution is 6.04. The Hall–Kier alpha value is -3.22. The van der Waals surface area contributed by atoms with E-state index in [9.17, 15) is 9.59 Å². The first kappa shape index (κ1) is 19.7. The fraction of sp³-hybridized carbons (Fsp3) is 0.417. The minimum atomic E-state index is -0.530. The molecule has 1 N–H and O–H groups in total. The molecule has 31 heavy (non-hydrogen) atoms. The summed E-state index contributed by atoms with van der Waals surface area (Å²) in [5.74, 6) is 0.798. The summed E-state index contributed by atoms with van der Waals surface area (Å²) in [7, 11) is 0. The van der Waals surface area contributed by atoms with Crippen LogP contribution in [0.5, 0.6) is 17.2 Å². The smallest absolute Gasteiger partial charge is 0.251 e. The van der Waals surface area contributed by atoms with Crippen LogP contribution in [0, 0.1) is 5.92 Å². The molecule has 1 atom stereocenters. The summed E-state index contributed by atoms with van der Waals surface area (Å²) in [4.78, 5) is 27.2. The van der Waals surface area contributed by atoms with Gasteiger partial charge in [0.2, 0.25) is 11.8 Å². The third kappa shape index (κ3) is 3.69. The molecule has 162 valence electrons. The Labute approximate surface area is 181 Å². The van der Waals surface area contributed by atoms with Crippen molar-refractivity contribution in [3.05, 3.63) is 42.5 Å². The number of carbonyl (C=O) groups is 2. The molecule has 5 rings (SSSR count). The Bertz CT molecular complexity index is 1010. The molecule has 2 fully saturated rings. The predicted octanol–water partition coefficient (Wildman–Crippen LogP) is 4.12. The molecule has 2 aliphatic heterocycles. The molecule has 2 aromatic rings. The summed E-state index contributed by atoms with van der Waals surface area (Å²) in [6.07, 6.45) is 4.12. The number of rotatable bonds is 5. The van der Waals surface area contributed by atoms with E-state index < -0.39 is 11.7 Å². The number of benzene rings is 2. The quantitative estimate of drug-likeness (QED) is 0.784. The van der Waals surface area contributed by atoms with E-state index in [0.717, 1.165) is 31.4 Å². The number of hydrogen-bond donors (Lipinski definition) is 1. The number of ether oxygens (including phenoxy) is 3. The first-order valence-corrected chi connectivity index (χ1v) is 10.9. The first-order valence-electron chi connectivity index (χ1n) is 10.9. The normalized spacial score (nSPS) is 21.0. The summed E-state index contributed by atoms with van der Waals surface area (Å²) in [5, 5.41) is 2.94. The van der Waals surface area contributed by atoms with E-state index in [0.29, 0.717) is 36.0 Å². The van der Waals surface area contributed by atoms with Crippen LogP contribution in [0.4, 0.5) is 11.4 Å². The fourth-order valence-electron chi connectivity index (χ4n) is 4.61. The second-order valence-electron chi connectivity index (χ2n) is 8.28. The van der Waals surface area contributed by atoms with Gasteiger partial charge in [-0.05, 0) is 44.0 Å². The van der Waals surface area contributed by atoms with Gasteiger partial charge in [0.15, 0.2) is 11.5 Å². The van der Waals surface area contributed by atoms with Crippen LogP contribution in [-0.4, -0.2) is 30.8 Å². The van der Waals surface area contributed by atoms with E-state index in [-0.39, 0.29) is 18.2 Å². The van der Waals surface area contributed by atoms with Crippen molar-refractivity contribution in [2.75, 3.05) is 23.4 Å². The van der Waals surface area contributed by atoms with E-state index in [1.54, 1.807) is 11.0 Å². The van der Waals surface area contributed by atoms with Crippen molar-refractivity contribution < 1.29 is 23.8 Å². The lowest BCUT2D eigenvalue weighted by atomic mass is 10.1. The molecule has 7 nitrogen and oxygen atoms in total. The van der Waals surface area contributed by atoms with Crippen LogP contribution in [0.1, 0.15) is 39.0 Å². The van der Waals surface area contributed by atoms with Crippen molar-refractivity contribution in [3.63, 3.8) is 0 Å². The predicted molar refractivity (Wildman–Crippen MR) is 116 cm³/mol. The van der Waals surface area contributed by atoms with Gasteiger partial charge >= 0.3 is 0 Å². The lowest BCUT2D eigenvalue weighted by Crippen LogP contribution is -2.34. The monoisotopic (exact) mass is 422 g/mol. The fourth-order valence-corrected chi connectivity index (χ4v) is 4.61. The SMILES string of the molecule is CCOc1ccccc1N1C[C@@H](C(=O)Nc2ccc3c(c2)OC2(CCCC2)O3)CC1=O. The number of anilines is 2. The highest BCUT2D eigenvalue weighted by Crippen LogP contribution is 2.47. The Morgan fingerprint density at radius 1 is 1.16 bits per heavy atom. The van der Waals surface area contributed by atoms with Crippen molar-refractivity contribution in [2.24, 2.45) is 5.92 Å². The zero-order chi connectivity index (χ0) is 21.4. The number of fused-ring (bicyclic) bond motifs is 1. The topological polar surface area (TPSA) is 77.1 Å². The van der Waals surface area contributed by atoms with Crippen LogP contribution in [0.2, 0.25) is 0 Å². The van der Waals surface area contributed by atoms with Crippen LogP contribution >= 0.6 is 0 Å². The maximum Gasteiger partial charge on any atom is 0.251 e. The third-order valence-corrected chi connectivity index (χ3v) is 6.12. The van der Waals surface area contributed by atoms with Crippen LogP contribution in [0.3, 0.4) is 0 Å². The lowest BCUT2D eigenvalue weighted by molar-refractivity contribution is -0.122. The van der Waals surface area contributed by atoms with E-state index >= 15 is 0 Å². The Kier molecular flexibility index (Phi) is 4.96. The molecule has 2 aromatic carbocycles. The lowest BCUT2D eigenvalue weighted by Gasteiger charge is -2.21. The third-order valence-electron chi connectivity index (χ3n) is 6.12. The zero-order valence-corrected chi connectivity index (χ0v) is 17.6. The second kappa shape index (κ2) is 7.80. The first-order chi connectivity index (χ1) is 15.1. The van der Waals surface area contributed by atoms with E-state index in [2.05, 4.69) is 5.32 Å². The maximum absolute atomic E-state index is 12.9. The van der Waals surface area contributed by atoms with Crippen LogP contribution < -0.4 is 24.4 Å². The van der Waals surface area contributed by atoms with Gasteiger partial charge in [-0.25, -0.2) is 0 Å². The molecule has 1 saturated heterocycles. The molecule has 2 amide bonds. The summed E-state index contributed by atoms with van der Waals surface area (Å²) in [6, 6.07) is 12.9. The molecule has 1 spiro atoms. The molecular formula is C24H26N2O5. The van der Waals surface area contributed by atoms with Crippen LogP contribution in [0.25, 0.3) is 0 Å². The van der Waals surface area contributed by atoms with E-state index in [1.807, 2.05) is 43.3 Å². The number of amides is 2. The maximum atomic E-state index is 12.9. The van der Waals surface area contributed by atoms with Crippen LogP contribution in [-0.2, 0) is 9.59 Å². The molecule has 2 heterocycles. The van der Waals surface area contributed by atoms with Crippen LogP contribution in [0.15, 0.2) is 42.5 Å². The van der Waals surface area contributed by atoms with Crippen molar-refractivity contribution >= 4 is 23.2 Å². The van der Waals surface area contributed by atoms with Crippen molar-refractivity contribution in [3.8, 4) is 17.2 Å². The van der Waals surface area contributed by atoms with Gasteiger partial charge in [-0.2, -0.15) is 0 Å². The zero-order valence-electron chi connectivity index (χ0n) is 17.6. The van der Waals surface area contributed by atoms with Gasteiger partial charge in [0.1, 0.15) is 5.75 Å². The van der Waals surface area contributed by atoms with Crippen molar-refractivity contribution in [1.82, 2.24) is 0 Å². The molecule has 3 aliphatic rings. The molecule has 7 heteroatoms. The number of carbonyl (C=O) groups excluding carboxylic acids is 2. The highest BCUT2D eigenvalue weighted by Gasteiger charge is 2.44. The number of nitrogens with zero attached hydrogens (tertiary/aromatic N) is 1. The molecule has 0 bridgehead atoms. The average molecular weight is 422 g/mol. The van der Waals surface area contributed by atoms with Crippen molar-refractivity contribution in [1.29, 1.82) is 0 Å². The van der Waals surface area contributed by atoms with E-state index in [4.69, 9.17) is 14.2 Å². The summed E-state index contributed by atoms with van der Waals surface area (Å²) in [5.41, 5.74) is 1.35. The van der Waals surface area contributed by atoms with Gasteiger partial charge in [0.25, 0.3) is 5.79 Å². The minimum absolute atomic E-state index is 0.0823. The molecule has 0 radical (unpaired) electrons. The van der Waals surface area contributed by atoms with E-state index in [1.165, 1.54) is 0 Å². The van der Waals surface area contributed by atoms with Gasteiger partial charge in [-0.15, -0.1) is 0 Å². The summed E-state index contributed by atoms with van der Waals surface area (Å²) < 4.78 is 17.8. The van der Waals surface area contributed by atoms with Gasteiger partial charge in [0.05, 0.1) is 18.2 Å². The second-order valence-corrected chi connectivity index (χ2v) is 8.28. The summed E-state index contributed by atoms with van der Waals surface area (Å²) >= 11 is 0. The highest BCUT2D eigenvalue weighted by atomic mass is 16.7. The molecule has 0 unspecified atom stereocenters. The molecule has 1 saturated carbocycles. The molecule has 1 aliphatic carbocycles. The average Bonchev–Trinajstić information content (AvgIpc) is 3.47. The largest absolute Gasteiger partial charge is 0.492 e. The van der Waals surface area contributed by atoms with Gasteiger partial charge in [0, 0.05) is 37.6 Å². The number of hydrogen-bond acceptors (Lipinski definition) is 5.